The molecule has 6 heteroatoms. The van der Waals surface area contributed by atoms with Gasteiger partial charge in [-0.2, -0.15) is 0 Å². The third-order valence-electron chi connectivity index (χ3n) is 1.84. The van der Waals surface area contributed by atoms with Crippen molar-refractivity contribution in [3.8, 4) is 0 Å². The number of rotatable bonds is 4. The molecule has 0 spiro atoms. The number of esters is 1. The van der Waals surface area contributed by atoms with Gasteiger partial charge in [-0.1, -0.05) is 0 Å². The Bertz CT molecular complexity index is 359. The molecule has 5 nitrogen and oxygen atoms in total. The predicted octanol–water partition coefficient (Wildman–Crippen LogP) is 0.128. The molecule has 0 amide bonds. The lowest BCUT2D eigenvalue weighted by Gasteiger charge is -2.13. The SMILES string of the molecule is COC(=O)C(O)C(O)c1csc(C=O)c1. The molecule has 2 N–H and O–H groups in total. The van der Waals surface area contributed by atoms with Crippen LogP contribution in [0.25, 0.3) is 0 Å². The van der Waals surface area contributed by atoms with Crippen molar-refractivity contribution in [1.82, 2.24) is 0 Å². The van der Waals surface area contributed by atoms with Gasteiger partial charge in [-0.05, 0) is 17.0 Å². The van der Waals surface area contributed by atoms with E-state index in [1.807, 2.05) is 0 Å². The first kappa shape index (κ1) is 11.8. The molecule has 0 aliphatic carbocycles. The Morgan fingerprint density at radius 1 is 1.60 bits per heavy atom. The number of thiophene rings is 1. The number of ether oxygens (including phenoxy) is 1. The minimum Gasteiger partial charge on any atom is -0.467 e. The van der Waals surface area contributed by atoms with E-state index in [2.05, 4.69) is 4.74 Å². The van der Waals surface area contributed by atoms with Crippen LogP contribution in [0, 0.1) is 0 Å². The lowest BCUT2D eigenvalue weighted by atomic mass is 10.1. The Labute approximate surface area is 89.9 Å². The number of aliphatic hydroxyl groups excluding tert-OH is 2. The van der Waals surface area contributed by atoms with E-state index in [4.69, 9.17) is 0 Å². The number of hydrogen-bond donors (Lipinski definition) is 2. The molecule has 0 saturated carbocycles. The number of aliphatic hydroxyl groups is 2. The molecule has 1 rings (SSSR count). The molecule has 1 aromatic heterocycles. The molecule has 82 valence electrons. The second-order valence-electron chi connectivity index (χ2n) is 2.81. The van der Waals surface area contributed by atoms with Crippen molar-refractivity contribution in [2.45, 2.75) is 12.2 Å². The summed E-state index contributed by atoms with van der Waals surface area (Å²) >= 11 is 1.12. The van der Waals surface area contributed by atoms with Gasteiger partial charge in [0, 0.05) is 0 Å². The van der Waals surface area contributed by atoms with Gasteiger partial charge < -0.3 is 14.9 Å². The van der Waals surface area contributed by atoms with Crippen LogP contribution in [0.3, 0.4) is 0 Å². The maximum Gasteiger partial charge on any atom is 0.337 e. The van der Waals surface area contributed by atoms with Gasteiger partial charge in [-0.25, -0.2) is 4.79 Å². The van der Waals surface area contributed by atoms with Gasteiger partial charge >= 0.3 is 5.97 Å². The van der Waals surface area contributed by atoms with Gasteiger partial charge in [0.2, 0.25) is 0 Å². The van der Waals surface area contributed by atoms with E-state index in [0.717, 1.165) is 18.4 Å². The quantitative estimate of drug-likeness (QED) is 0.567. The van der Waals surface area contributed by atoms with Crippen LogP contribution in [0.4, 0.5) is 0 Å². The zero-order chi connectivity index (χ0) is 11.4. The molecule has 0 aliphatic heterocycles. The summed E-state index contributed by atoms with van der Waals surface area (Å²) in [4.78, 5) is 21.7. The molecule has 15 heavy (non-hydrogen) atoms. The summed E-state index contributed by atoms with van der Waals surface area (Å²) in [7, 11) is 1.11. The average Bonchev–Trinajstić information content (AvgIpc) is 2.74. The summed E-state index contributed by atoms with van der Waals surface area (Å²) in [5.41, 5.74) is 0.319. The first-order valence-electron chi connectivity index (χ1n) is 4.07. The Morgan fingerprint density at radius 3 is 2.73 bits per heavy atom. The van der Waals surface area contributed by atoms with Gasteiger partial charge in [0.1, 0.15) is 6.10 Å². The Kier molecular flexibility index (Phi) is 3.96. The second-order valence-corrected chi connectivity index (χ2v) is 3.76. The molecule has 0 aromatic carbocycles. The monoisotopic (exact) mass is 230 g/mol. The van der Waals surface area contributed by atoms with Crippen LogP contribution in [-0.4, -0.2) is 35.7 Å². The zero-order valence-electron chi connectivity index (χ0n) is 7.91. The highest BCUT2D eigenvalue weighted by Crippen LogP contribution is 2.22. The Hall–Kier alpha value is -1.24. The fraction of sp³-hybridized carbons (Fsp3) is 0.333. The maximum atomic E-state index is 10.9. The number of hydrogen-bond acceptors (Lipinski definition) is 6. The highest BCUT2D eigenvalue weighted by molar-refractivity contribution is 7.11. The fourth-order valence-electron chi connectivity index (χ4n) is 1.02. The highest BCUT2D eigenvalue weighted by atomic mass is 32.1. The fourth-order valence-corrected chi connectivity index (χ4v) is 1.76. The largest absolute Gasteiger partial charge is 0.467 e. The summed E-state index contributed by atoms with van der Waals surface area (Å²) < 4.78 is 4.27. The van der Waals surface area contributed by atoms with Crippen molar-refractivity contribution < 1.29 is 24.5 Å². The molecule has 0 saturated heterocycles. The molecule has 0 radical (unpaired) electrons. The third kappa shape index (κ3) is 2.62. The normalized spacial score (nSPS) is 14.3. The highest BCUT2D eigenvalue weighted by Gasteiger charge is 2.27. The summed E-state index contributed by atoms with van der Waals surface area (Å²) in [5.74, 6) is -0.915. The predicted molar refractivity (Wildman–Crippen MR) is 52.7 cm³/mol. The van der Waals surface area contributed by atoms with Crippen LogP contribution in [0.1, 0.15) is 21.3 Å². The number of methoxy groups -OCH3 is 1. The molecule has 0 aliphatic rings. The summed E-state index contributed by atoms with van der Waals surface area (Å²) in [6.07, 6.45) is -2.38. The van der Waals surface area contributed by atoms with Crippen molar-refractivity contribution >= 4 is 23.6 Å². The standard InChI is InChI=1S/C9H10O5S/c1-14-9(13)8(12)7(11)5-2-6(3-10)15-4-5/h2-4,7-8,11-12H,1H3. The summed E-state index contributed by atoms with van der Waals surface area (Å²) in [6, 6.07) is 1.41. The molecule has 0 bridgehead atoms. The van der Waals surface area contributed by atoms with Gasteiger partial charge in [-0.15, -0.1) is 11.3 Å². The smallest absolute Gasteiger partial charge is 0.337 e. The Balaban J connectivity index is 2.79. The average molecular weight is 230 g/mol. The van der Waals surface area contributed by atoms with Crippen molar-refractivity contribution in [1.29, 1.82) is 0 Å². The minimum atomic E-state index is -1.64. The van der Waals surface area contributed by atoms with Crippen LogP contribution in [0.15, 0.2) is 11.4 Å². The molecule has 1 heterocycles. The maximum absolute atomic E-state index is 10.9. The van der Waals surface area contributed by atoms with E-state index >= 15 is 0 Å². The molecular weight excluding hydrogens is 220 g/mol. The Morgan fingerprint density at radius 2 is 2.27 bits per heavy atom. The van der Waals surface area contributed by atoms with E-state index in [1.165, 1.54) is 11.4 Å². The van der Waals surface area contributed by atoms with Gasteiger partial charge in [0.25, 0.3) is 0 Å². The molecule has 1 aromatic rings. The molecule has 0 fully saturated rings. The van der Waals surface area contributed by atoms with Crippen LogP contribution in [-0.2, 0) is 9.53 Å². The summed E-state index contributed by atoms with van der Waals surface area (Å²) in [5, 5.41) is 20.4. The van der Waals surface area contributed by atoms with E-state index in [1.54, 1.807) is 0 Å². The molecule has 2 atom stereocenters. The van der Waals surface area contributed by atoms with Crippen molar-refractivity contribution in [3.05, 3.63) is 21.9 Å². The van der Waals surface area contributed by atoms with E-state index in [0.29, 0.717) is 16.7 Å². The minimum absolute atomic E-state index is 0.319. The summed E-state index contributed by atoms with van der Waals surface area (Å²) in [6.45, 7) is 0. The van der Waals surface area contributed by atoms with Gasteiger partial charge in [-0.3, -0.25) is 4.79 Å². The van der Waals surface area contributed by atoms with E-state index in [-0.39, 0.29) is 0 Å². The second kappa shape index (κ2) is 5.01. The van der Waals surface area contributed by atoms with E-state index in [9.17, 15) is 19.8 Å². The number of aldehydes is 1. The lowest BCUT2D eigenvalue weighted by molar-refractivity contribution is -0.156. The lowest BCUT2D eigenvalue weighted by Crippen LogP contribution is -2.28. The van der Waals surface area contributed by atoms with Crippen LogP contribution in [0.5, 0.6) is 0 Å². The third-order valence-corrected chi connectivity index (χ3v) is 2.72. The first-order chi connectivity index (χ1) is 7.10. The van der Waals surface area contributed by atoms with Crippen LogP contribution >= 0.6 is 11.3 Å². The van der Waals surface area contributed by atoms with Crippen molar-refractivity contribution in [3.63, 3.8) is 0 Å². The van der Waals surface area contributed by atoms with Gasteiger partial charge in [0.05, 0.1) is 12.0 Å². The van der Waals surface area contributed by atoms with Crippen molar-refractivity contribution in [2.75, 3.05) is 7.11 Å². The van der Waals surface area contributed by atoms with Crippen molar-refractivity contribution in [2.24, 2.45) is 0 Å². The zero-order valence-corrected chi connectivity index (χ0v) is 8.73. The van der Waals surface area contributed by atoms with Gasteiger partial charge in [0.15, 0.2) is 12.4 Å². The van der Waals surface area contributed by atoms with Crippen LogP contribution in [0.2, 0.25) is 0 Å². The number of carbonyl (C=O) groups excluding carboxylic acids is 2. The van der Waals surface area contributed by atoms with E-state index < -0.39 is 18.2 Å². The van der Waals surface area contributed by atoms with Crippen LogP contribution < -0.4 is 0 Å². The number of carbonyl (C=O) groups is 2. The molecular formula is C9H10O5S. The topological polar surface area (TPSA) is 83.8 Å². The first-order valence-corrected chi connectivity index (χ1v) is 4.95. The molecule has 2 unspecified atom stereocenters.